The Balaban J connectivity index is 1.49. The third-order valence-corrected chi connectivity index (χ3v) is 13.0. The van der Waals surface area contributed by atoms with Crippen molar-refractivity contribution in [3.8, 4) is 10.6 Å². The van der Waals surface area contributed by atoms with Crippen LogP contribution in [-0.4, -0.2) is 119 Å². The molecule has 0 aromatic carbocycles. The van der Waals surface area contributed by atoms with E-state index in [1.807, 2.05) is 56.3 Å². The number of amides is 1. The molecular formula is C43H59N3O12S. The zero-order chi connectivity index (χ0) is 43.4. The van der Waals surface area contributed by atoms with Gasteiger partial charge in [0.2, 0.25) is 0 Å². The molecule has 3 saturated heterocycles. The lowest BCUT2D eigenvalue weighted by Crippen LogP contribution is -2.60. The Hall–Kier alpha value is -4.22. The average Bonchev–Trinajstić information content (AvgIpc) is 3.80. The first-order chi connectivity index (χ1) is 27.8. The number of aromatic nitrogens is 1. The molecule has 0 bridgehead atoms. The summed E-state index contributed by atoms with van der Waals surface area (Å²) in [4.78, 5) is 77.2. The van der Waals surface area contributed by atoms with Gasteiger partial charge in [0.25, 0.3) is 0 Å². The number of aliphatic hydroxyl groups is 1. The molecule has 15 nitrogen and oxygen atoms in total. The Bertz CT molecular complexity index is 1850. The van der Waals surface area contributed by atoms with E-state index in [0.717, 1.165) is 15.4 Å². The minimum Gasteiger partial charge on any atom is -0.458 e. The zero-order valence-corrected chi connectivity index (χ0v) is 36.4. The molecule has 0 radical (unpaired) electrons. The maximum absolute atomic E-state index is 14.4. The largest absolute Gasteiger partial charge is 0.509 e. The number of thiophene rings is 1. The predicted octanol–water partition coefficient (Wildman–Crippen LogP) is 5.82. The van der Waals surface area contributed by atoms with Gasteiger partial charge < -0.3 is 43.7 Å². The zero-order valence-electron chi connectivity index (χ0n) is 35.5. The molecule has 0 unspecified atom stereocenters. The molecule has 2 aromatic rings. The molecule has 0 saturated carbocycles. The van der Waals surface area contributed by atoms with Gasteiger partial charge in [-0.05, 0) is 97.5 Å². The van der Waals surface area contributed by atoms with Crippen LogP contribution in [0.15, 0.2) is 42.6 Å². The number of carbonyl (C=O) groups is 5. The fraction of sp³-hybridized carbons (Fsp3) is 0.628. The fourth-order valence-corrected chi connectivity index (χ4v) is 9.59. The van der Waals surface area contributed by atoms with Gasteiger partial charge in [0.1, 0.15) is 42.2 Å². The van der Waals surface area contributed by atoms with Gasteiger partial charge in [-0.15, -0.1) is 11.3 Å². The number of pyridine rings is 1. The molecule has 324 valence electrons. The molecule has 1 amide bonds. The average molecular weight is 842 g/mol. The molecule has 3 fully saturated rings. The van der Waals surface area contributed by atoms with Crippen LogP contribution in [0.3, 0.4) is 0 Å². The third-order valence-electron chi connectivity index (χ3n) is 11.9. The second-order valence-corrected chi connectivity index (χ2v) is 17.8. The first-order valence-electron chi connectivity index (χ1n) is 20.3. The smallest absolute Gasteiger partial charge is 0.458 e. The summed E-state index contributed by atoms with van der Waals surface area (Å²) < 4.78 is 36.1. The molecule has 5 rings (SSSR count). The number of fused-ring (bicyclic) bond motifs is 1. The topological polar surface area (TPSA) is 189 Å². The highest BCUT2D eigenvalue weighted by molar-refractivity contribution is 7.16. The Morgan fingerprint density at radius 3 is 2.44 bits per heavy atom. The van der Waals surface area contributed by atoms with E-state index in [1.165, 1.54) is 32.1 Å². The van der Waals surface area contributed by atoms with E-state index < -0.39 is 89.5 Å². The van der Waals surface area contributed by atoms with Crippen molar-refractivity contribution in [1.29, 1.82) is 0 Å². The van der Waals surface area contributed by atoms with Crippen LogP contribution in [0.1, 0.15) is 79.5 Å². The maximum Gasteiger partial charge on any atom is 0.509 e. The summed E-state index contributed by atoms with van der Waals surface area (Å²) in [6.07, 6.45) is -1.41. The molecule has 59 heavy (non-hydrogen) atoms. The molecule has 2 N–H and O–H groups in total. The minimum absolute atomic E-state index is 0.175. The number of ketones is 2. The van der Waals surface area contributed by atoms with Crippen molar-refractivity contribution in [3.63, 3.8) is 0 Å². The SMILES string of the molecule is CC[C@H]1OC(=O)[C@H](C)C(=O)[C@H](C)[C@@H](O[C@@H]2O[C@H](C)C[C@H](N(C)C)[C@H]2O)[C@](C)(OC(=O)OCC=Cc2ccc(-c3ccccn3)s2)C[C@@H](C)C(=O)[C@H](C)[C@H]2NC(=O)O[C@@]21C. The second-order valence-electron chi connectivity index (χ2n) is 16.7. The Kier molecular flexibility index (Phi) is 14.8. The van der Waals surface area contributed by atoms with Crippen molar-refractivity contribution in [1.82, 2.24) is 15.2 Å². The molecule has 3 aliphatic heterocycles. The van der Waals surface area contributed by atoms with Crippen LogP contribution in [0.25, 0.3) is 16.6 Å². The van der Waals surface area contributed by atoms with E-state index in [0.29, 0.717) is 6.42 Å². The Labute approximate surface area is 350 Å². The highest BCUT2D eigenvalue weighted by Crippen LogP contribution is 2.41. The van der Waals surface area contributed by atoms with Crippen LogP contribution >= 0.6 is 11.3 Å². The first-order valence-corrected chi connectivity index (χ1v) is 21.1. The first kappa shape index (κ1) is 45.9. The molecule has 5 heterocycles. The van der Waals surface area contributed by atoms with Crippen LogP contribution in [0.5, 0.6) is 0 Å². The van der Waals surface area contributed by atoms with Gasteiger partial charge in [-0.25, -0.2) is 9.59 Å². The molecule has 0 aliphatic carbocycles. The van der Waals surface area contributed by atoms with Crippen LogP contribution < -0.4 is 5.32 Å². The van der Waals surface area contributed by atoms with E-state index in [-0.39, 0.29) is 37.4 Å². The van der Waals surface area contributed by atoms with Crippen LogP contribution in [0.4, 0.5) is 9.59 Å². The monoisotopic (exact) mass is 841 g/mol. The molecule has 16 heteroatoms. The number of nitrogens with one attached hydrogen (secondary N) is 1. The molecular weight excluding hydrogens is 783 g/mol. The summed E-state index contributed by atoms with van der Waals surface area (Å²) in [5.74, 6) is -6.07. The van der Waals surface area contributed by atoms with Gasteiger partial charge in [0.05, 0.1) is 22.7 Å². The second kappa shape index (κ2) is 19.0. The number of nitrogens with zero attached hydrogens (tertiary/aromatic N) is 2. The lowest BCUT2D eigenvalue weighted by atomic mass is 9.73. The van der Waals surface area contributed by atoms with Crippen molar-refractivity contribution < 1.29 is 57.5 Å². The predicted molar refractivity (Wildman–Crippen MR) is 218 cm³/mol. The number of alkyl carbamates (subject to hydrolysis) is 1. The number of carbonyl (C=O) groups excluding carboxylic acids is 5. The van der Waals surface area contributed by atoms with Gasteiger partial charge >= 0.3 is 18.2 Å². The third kappa shape index (κ3) is 10.2. The number of hydrogen-bond donors (Lipinski definition) is 2. The standard InChI is InChI=1S/C43H59N3O12S/c1-11-32-43(8)36(45-40(51)57-43)25(4)33(47)23(2)22-42(7,58-41(52)53-20-14-15-28-17-18-31(59-28)29-16-12-13-19-44-29)37(26(5)34(48)27(6)38(50)55-32)56-39-35(49)30(46(9)10)21-24(3)54-39/h12-19,23-27,30,32,35-37,39,49H,11,20-22H2,1-10H3,(H,45,51)/t23-,24-,25+,26+,27-,30+,32-,35-,36-,37-,39+,42-,43-/m1/s1. The summed E-state index contributed by atoms with van der Waals surface area (Å²) in [5, 5.41) is 14.3. The Morgan fingerprint density at radius 2 is 1.78 bits per heavy atom. The van der Waals surface area contributed by atoms with Crippen LogP contribution in [-0.2, 0) is 42.8 Å². The molecule has 3 aliphatic rings. The summed E-state index contributed by atoms with van der Waals surface area (Å²) in [7, 11) is 3.64. The van der Waals surface area contributed by atoms with Crippen LogP contribution in [0, 0.1) is 23.7 Å². The molecule has 13 atom stereocenters. The van der Waals surface area contributed by atoms with E-state index >= 15 is 0 Å². The normalized spacial score (nSPS) is 36.0. The van der Waals surface area contributed by atoms with Gasteiger partial charge in [0, 0.05) is 34.9 Å². The van der Waals surface area contributed by atoms with E-state index in [4.69, 9.17) is 28.4 Å². The number of rotatable bonds is 9. The quantitative estimate of drug-likeness (QED) is 0.175. The van der Waals surface area contributed by atoms with Crippen LogP contribution in [0.2, 0.25) is 0 Å². The molecule has 0 spiro atoms. The van der Waals surface area contributed by atoms with Crippen molar-refractivity contribution >= 4 is 47.2 Å². The fourth-order valence-electron chi connectivity index (χ4n) is 8.67. The number of hydrogen-bond acceptors (Lipinski definition) is 15. The maximum atomic E-state index is 14.4. The summed E-state index contributed by atoms with van der Waals surface area (Å²) in [6.45, 7) is 12.8. The van der Waals surface area contributed by atoms with Crippen molar-refractivity contribution in [2.45, 2.75) is 129 Å². The van der Waals surface area contributed by atoms with E-state index in [1.54, 1.807) is 46.0 Å². The number of aliphatic hydroxyl groups excluding tert-OH is 1. The summed E-state index contributed by atoms with van der Waals surface area (Å²) >= 11 is 1.51. The Morgan fingerprint density at radius 1 is 1.05 bits per heavy atom. The van der Waals surface area contributed by atoms with E-state index in [9.17, 15) is 29.1 Å². The number of Topliss-reactive ketones (excluding diaryl/α,β-unsaturated/α-hetero) is 2. The summed E-state index contributed by atoms with van der Waals surface area (Å²) in [6, 6.07) is 8.25. The van der Waals surface area contributed by atoms with E-state index in [2.05, 4.69) is 10.3 Å². The lowest BCUT2D eigenvalue weighted by Gasteiger charge is -2.46. The van der Waals surface area contributed by atoms with Crippen molar-refractivity contribution in [2.75, 3.05) is 20.7 Å². The van der Waals surface area contributed by atoms with Gasteiger partial charge in [-0.1, -0.05) is 33.8 Å². The summed E-state index contributed by atoms with van der Waals surface area (Å²) in [5.41, 5.74) is -2.41. The van der Waals surface area contributed by atoms with Gasteiger partial charge in [-0.3, -0.25) is 19.4 Å². The minimum atomic E-state index is -1.80. The van der Waals surface area contributed by atoms with Crippen molar-refractivity contribution in [3.05, 3.63) is 47.5 Å². The number of cyclic esters (lactones) is 1. The van der Waals surface area contributed by atoms with Gasteiger partial charge in [0.15, 0.2) is 17.7 Å². The van der Waals surface area contributed by atoms with Gasteiger partial charge in [-0.2, -0.15) is 0 Å². The number of ether oxygens (including phenoxy) is 6. The lowest BCUT2D eigenvalue weighted by molar-refractivity contribution is -0.293. The number of esters is 1. The number of likely N-dealkylation sites (N-methyl/N-ethyl adjacent to an activating group) is 1. The highest BCUT2D eigenvalue weighted by atomic mass is 32.1. The highest BCUT2D eigenvalue weighted by Gasteiger charge is 2.57. The molecule has 2 aromatic heterocycles. The van der Waals surface area contributed by atoms with Crippen molar-refractivity contribution in [2.24, 2.45) is 23.7 Å².